The molecule has 0 aliphatic rings. The Balaban J connectivity index is 2.33. The van der Waals surface area contributed by atoms with Gasteiger partial charge in [0.2, 0.25) is 0 Å². The third-order valence-corrected chi connectivity index (χ3v) is 4.35. The fourth-order valence-corrected chi connectivity index (χ4v) is 2.96. The van der Waals surface area contributed by atoms with Crippen molar-refractivity contribution in [3.8, 4) is 11.1 Å². The summed E-state index contributed by atoms with van der Waals surface area (Å²) < 4.78 is 23.5. The molecule has 2 rings (SSSR count). The molecule has 0 aliphatic heterocycles. The van der Waals surface area contributed by atoms with Crippen molar-refractivity contribution in [2.45, 2.75) is 6.42 Å². The molecule has 25 heavy (non-hydrogen) atoms. The number of aromatic carboxylic acids is 1. The van der Waals surface area contributed by atoms with Crippen molar-refractivity contribution in [3.63, 3.8) is 0 Å². The standard InChI is InChI=1S/C15H18N4O5S/c16-7-1-8-18-14(20)11-4-2-10(3-5-11)12-6-9-19(25(17,23)24)13(12)15(21)22/h2-6,9H,1,7-8,16H2,(H,18,20)(H,21,22)(H2,17,23,24)/p+1. The number of carboxylic acids is 1. The molecule has 0 aliphatic carbocycles. The van der Waals surface area contributed by atoms with Gasteiger partial charge in [0.15, 0.2) is 5.69 Å². The zero-order valence-corrected chi connectivity index (χ0v) is 14.1. The third kappa shape index (κ3) is 4.24. The summed E-state index contributed by atoms with van der Waals surface area (Å²) in [6.07, 6.45) is 1.85. The summed E-state index contributed by atoms with van der Waals surface area (Å²) in [4.78, 5) is 23.4. The smallest absolute Gasteiger partial charge is 0.354 e. The summed E-state index contributed by atoms with van der Waals surface area (Å²) in [7, 11) is -4.23. The van der Waals surface area contributed by atoms with Crippen molar-refractivity contribution >= 4 is 22.1 Å². The Kier molecular flexibility index (Phi) is 5.57. The second-order valence-electron chi connectivity index (χ2n) is 5.26. The summed E-state index contributed by atoms with van der Waals surface area (Å²) in [5.74, 6) is -1.68. The lowest BCUT2D eigenvalue weighted by molar-refractivity contribution is -0.367. The van der Waals surface area contributed by atoms with Crippen LogP contribution >= 0.6 is 0 Å². The van der Waals surface area contributed by atoms with E-state index < -0.39 is 21.9 Å². The molecule has 1 amide bonds. The van der Waals surface area contributed by atoms with Gasteiger partial charge in [-0.05, 0) is 23.8 Å². The Labute approximate surface area is 144 Å². The number of amides is 1. The number of aromatic nitrogens is 1. The van der Waals surface area contributed by atoms with Crippen LogP contribution in [0.4, 0.5) is 0 Å². The number of nitrogens with one attached hydrogen (secondary N) is 1. The van der Waals surface area contributed by atoms with Gasteiger partial charge >= 0.3 is 16.2 Å². The first kappa shape index (κ1) is 18.6. The number of hydrogen-bond donors (Lipinski definition) is 4. The first-order valence-corrected chi connectivity index (χ1v) is 8.92. The number of nitrogens with two attached hydrogens (primary N) is 1. The molecular formula is C15H19N4O5S+. The van der Waals surface area contributed by atoms with Gasteiger partial charge in [0.05, 0.1) is 6.54 Å². The Morgan fingerprint density at radius 3 is 2.36 bits per heavy atom. The number of carboxylic acid groups (broad SMARTS) is 1. The predicted molar refractivity (Wildman–Crippen MR) is 90.0 cm³/mol. The van der Waals surface area contributed by atoms with Crippen LogP contribution in [0.1, 0.15) is 27.3 Å². The Morgan fingerprint density at radius 1 is 1.20 bits per heavy atom. The van der Waals surface area contributed by atoms with E-state index in [1.807, 2.05) is 0 Å². The molecule has 10 heteroatoms. The SMILES string of the molecule is NS(=O)(=O)n1ccc(-c2ccc(C(=O)NCCC[NH3+])cc2)c1C(=O)O. The average molecular weight is 367 g/mol. The maximum Gasteiger partial charge on any atom is 0.354 e. The summed E-state index contributed by atoms with van der Waals surface area (Å²) >= 11 is 0. The molecule has 134 valence electrons. The highest BCUT2D eigenvalue weighted by Gasteiger charge is 2.22. The first-order valence-electron chi connectivity index (χ1n) is 7.41. The van der Waals surface area contributed by atoms with E-state index in [9.17, 15) is 23.1 Å². The molecule has 1 aromatic heterocycles. The Hall–Kier alpha value is -2.69. The van der Waals surface area contributed by atoms with E-state index in [0.29, 0.717) is 21.6 Å². The van der Waals surface area contributed by atoms with E-state index >= 15 is 0 Å². The van der Waals surface area contributed by atoms with E-state index in [1.54, 1.807) is 12.1 Å². The van der Waals surface area contributed by atoms with Crippen LogP contribution in [0.5, 0.6) is 0 Å². The molecule has 0 spiro atoms. The van der Waals surface area contributed by atoms with E-state index in [1.165, 1.54) is 18.2 Å². The molecule has 1 heterocycles. The highest BCUT2D eigenvalue weighted by atomic mass is 32.2. The van der Waals surface area contributed by atoms with Crippen molar-refractivity contribution < 1.29 is 28.8 Å². The van der Waals surface area contributed by atoms with Crippen molar-refractivity contribution in [1.82, 2.24) is 9.29 Å². The molecule has 0 fully saturated rings. The van der Waals surface area contributed by atoms with Gasteiger partial charge in [-0.1, -0.05) is 12.1 Å². The normalized spacial score (nSPS) is 11.3. The molecule has 0 unspecified atom stereocenters. The van der Waals surface area contributed by atoms with Gasteiger partial charge in [-0.3, -0.25) is 4.79 Å². The predicted octanol–water partition coefficient (Wildman–Crippen LogP) is -0.733. The minimum absolute atomic E-state index is 0.186. The third-order valence-electron chi connectivity index (χ3n) is 3.50. The van der Waals surface area contributed by atoms with Crippen molar-refractivity contribution in [1.29, 1.82) is 0 Å². The number of quaternary nitrogens is 1. The van der Waals surface area contributed by atoms with Crippen LogP contribution in [0.2, 0.25) is 0 Å². The van der Waals surface area contributed by atoms with E-state index in [4.69, 9.17) is 5.14 Å². The van der Waals surface area contributed by atoms with Gasteiger partial charge in [0.1, 0.15) is 0 Å². The van der Waals surface area contributed by atoms with Crippen LogP contribution in [0.15, 0.2) is 36.5 Å². The molecule has 0 saturated carbocycles. The molecule has 0 bridgehead atoms. The number of benzene rings is 1. The molecule has 0 atom stereocenters. The van der Waals surface area contributed by atoms with Crippen LogP contribution in [0.25, 0.3) is 11.1 Å². The van der Waals surface area contributed by atoms with E-state index in [0.717, 1.165) is 19.2 Å². The number of nitrogens with zero attached hydrogens (tertiary/aromatic N) is 1. The number of hydrogen-bond acceptors (Lipinski definition) is 4. The van der Waals surface area contributed by atoms with Gasteiger partial charge in [-0.2, -0.15) is 8.42 Å². The van der Waals surface area contributed by atoms with Gasteiger partial charge in [0.25, 0.3) is 5.91 Å². The maximum atomic E-state index is 12.0. The second-order valence-corrected chi connectivity index (χ2v) is 6.69. The molecule has 9 nitrogen and oxygen atoms in total. The lowest BCUT2D eigenvalue weighted by Crippen LogP contribution is -2.51. The van der Waals surface area contributed by atoms with Gasteiger partial charge in [-0.15, -0.1) is 0 Å². The fraction of sp³-hybridized carbons (Fsp3) is 0.200. The largest absolute Gasteiger partial charge is 0.477 e. The molecule has 2 aromatic rings. The first-order chi connectivity index (χ1) is 11.8. The van der Waals surface area contributed by atoms with Gasteiger partial charge in [0, 0.05) is 30.3 Å². The molecule has 1 aromatic carbocycles. The highest BCUT2D eigenvalue weighted by molar-refractivity contribution is 7.87. The highest BCUT2D eigenvalue weighted by Crippen LogP contribution is 2.26. The summed E-state index contributed by atoms with van der Waals surface area (Å²) in [5.41, 5.74) is 4.28. The quantitative estimate of drug-likeness (QED) is 0.474. The second kappa shape index (κ2) is 7.47. The van der Waals surface area contributed by atoms with Crippen LogP contribution in [-0.2, 0) is 10.2 Å². The molecule has 7 N–H and O–H groups in total. The minimum Gasteiger partial charge on any atom is -0.477 e. The molecule has 0 radical (unpaired) electrons. The van der Waals surface area contributed by atoms with Crippen molar-refractivity contribution in [2.75, 3.05) is 13.1 Å². The zero-order valence-electron chi connectivity index (χ0n) is 13.3. The Bertz CT molecular complexity index is 887. The topological polar surface area (TPSA) is 159 Å². The number of carbonyl (C=O) groups is 2. The van der Waals surface area contributed by atoms with E-state index in [-0.39, 0.29) is 11.5 Å². The van der Waals surface area contributed by atoms with Crippen LogP contribution in [0, 0.1) is 0 Å². The van der Waals surface area contributed by atoms with Crippen LogP contribution in [-0.4, -0.2) is 42.5 Å². The van der Waals surface area contributed by atoms with Crippen LogP contribution in [0.3, 0.4) is 0 Å². The fourth-order valence-electron chi connectivity index (χ4n) is 2.30. The van der Waals surface area contributed by atoms with Crippen LogP contribution < -0.4 is 16.2 Å². The number of rotatable bonds is 7. The molecular weight excluding hydrogens is 348 g/mol. The zero-order chi connectivity index (χ0) is 18.6. The summed E-state index contributed by atoms with van der Waals surface area (Å²) in [5, 5.41) is 17.1. The lowest BCUT2D eigenvalue weighted by atomic mass is 10.0. The average Bonchev–Trinajstić information content (AvgIpc) is 3.00. The molecule has 0 saturated heterocycles. The minimum atomic E-state index is -4.23. The lowest BCUT2D eigenvalue weighted by Gasteiger charge is -2.07. The summed E-state index contributed by atoms with van der Waals surface area (Å²) in [6.45, 7) is 1.24. The van der Waals surface area contributed by atoms with Gasteiger partial charge in [-0.25, -0.2) is 13.9 Å². The summed E-state index contributed by atoms with van der Waals surface area (Å²) in [6, 6.07) is 7.51. The number of carbonyl (C=O) groups excluding carboxylic acids is 1. The van der Waals surface area contributed by atoms with Crippen molar-refractivity contribution in [3.05, 3.63) is 47.8 Å². The Morgan fingerprint density at radius 2 is 1.84 bits per heavy atom. The van der Waals surface area contributed by atoms with Gasteiger partial charge < -0.3 is 16.2 Å². The van der Waals surface area contributed by atoms with E-state index in [2.05, 4.69) is 11.1 Å². The van der Waals surface area contributed by atoms with Crippen molar-refractivity contribution in [2.24, 2.45) is 5.14 Å². The monoisotopic (exact) mass is 367 g/mol. The maximum absolute atomic E-state index is 12.0.